The molecular formula is C21H22N4O3S. The average molecular weight is 410 g/mol. The van der Waals surface area contributed by atoms with Gasteiger partial charge in [-0.2, -0.15) is 5.10 Å². The highest BCUT2D eigenvalue weighted by Gasteiger charge is 2.32. The molecule has 0 aromatic heterocycles. The van der Waals surface area contributed by atoms with E-state index in [1.807, 2.05) is 62.4 Å². The number of rotatable bonds is 7. The van der Waals surface area contributed by atoms with Gasteiger partial charge in [-0.05, 0) is 55.8 Å². The Labute approximate surface area is 173 Å². The van der Waals surface area contributed by atoms with E-state index in [-0.39, 0.29) is 18.2 Å². The molecule has 1 fully saturated rings. The number of amidine groups is 1. The second kappa shape index (κ2) is 9.88. The molecule has 0 bridgehead atoms. The van der Waals surface area contributed by atoms with Crippen molar-refractivity contribution in [2.75, 3.05) is 11.9 Å². The molecule has 1 aliphatic heterocycles. The van der Waals surface area contributed by atoms with Crippen LogP contribution in [0.5, 0.6) is 5.75 Å². The number of aryl methyl sites for hydroxylation is 1. The fourth-order valence-corrected chi connectivity index (χ4v) is 3.49. The lowest BCUT2D eigenvalue weighted by molar-refractivity contribution is -0.122. The maximum atomic E-state index is 12.2. The van der Waals surface area contributed by atoms with E-state index in [1.165, 1.54) is 11.8 Å². The summed E-state index contributed by atoms with van der Waals surface area (Å²) in [5, 5.41) is 13.3. The Kier molecular flexibility index (Phi) is 7.02. The third-order valence-electron chi connectivity index (χ3n) is 4.03. The summed E-state index contributed by atoms with van der Waals surface area (Å²) in [5.74, 6) is 0.325. The van der Waals surface area contributed by atoms with Crippen LogP contribution in [0.15, 0.2) is 58.7 Å². The highest BCUT2D eigenvalue weighted by molar-refractivity contribution is 8.15. The largest absolute Gasteiger partial charge is 0.494 e. The minimum absolute atomic E-state index is 0.0615. The van der Waals surface area contributed by atoms with E-state index in [9.17, 15) is 9.59 Å². The number of nitrogens with zero attached hydrogens (tertiary/aromatic N) is 2. The number of anilines is 1. The summed E-state index contributed by atoms with van der Waals surface area (Å²) in [6, 6.07) is 14.9. The lowest BCUT2D eigenvalue weighted by atomic mass is 10.2. The van der Waals surface area contributed by atoms with E-state index in [2.05, 4.69) is 20.8 Å². The molecule has 2 N–H and O–H groups in total. The fraction of sp³-hybridized carbons (Fsp3) is 0.238. The van der Waals surface area contributed by atoms with Crippen molar-refractivity contribution in [3.63, 3.8) is 0 Å². The van der Waals surface area contributed by atoms with Gasteiger partial charge < -0.3 is 15.4 Å². The number of hydrogen-bond donors (Lipinski definition) is 2. The van der Waals surface area contributed by atoms with Gasteiger partial charge in [0.25, 0.3) is 0 Å². The third-order valence-corrected chi connectivity index (χ3v) is 5.10. The molecule has 0 unspecified atom stereocenters. The summed E-state index contributed by atoms with van der Waals surface area (Å²) >= 11 is 1.20. The maximum absolute atomic E-state index is 12.2. The lowest BCUT2D eigenvalue weighted by Crippen LogP contribution is -2.28. The van der Waals surface area contributed by atoms with Gasteiger partial charge in [-0.3, -0.25) is 9.59 Å². The van der Waals surface area contributed by atoms with Crippen LogP contribution in [0, 0.1) is 6.92 Å². The Morgan fingerprint density at radius 3 is 2.62 bits per heavy atom. The molecule has 1 heterocycles. The van der Waals surface area contributed by atoms with Crippen LogP contribution in [0.1, 0.15) is 24.5 Å². The van der Waals surface area contributed by atoms with Crippen molar-refractivity contribution in [3.8, 4) is 5.75 Å². The highest BCUT2D eigenvalue weighted by Crippen LogP contribution is 2.23. The van der Waals surface area contributed by atoms with Crippen molar-refractivity contribution < 1.29 is 14.3 Å². The molecule has 0 saturated carbocycles. The van der Waals surface area contributed by atoms with Crippen LogP contribution >= 0.6 is 11.8 Å². The number of thioether (sulfide) groups is 1. The van der Waals surface area contributed by atoms with Crippen LogP contribution in [0.2, 0.25) is 0 Å². The first-order chi connectivity index (χ1) is 14.0. The van der Waals surface area contributed by atoms with Crippen LogP contribution in [0.3, 0.4) is 0 Å². The van der Waals surface area contributed by atoms with Crippen molar-refractivity contribution in [3.05, 3.63) is 59.7 Å². The number of carbonyl (C=O) groups excluding carboxylic acids is 2. The summed E-state index contributed by atoms with van der Waals surface area (Å²) in [6.45, 7) is 4.52. The zero-order chi connectivity index (χ0) is 20.6. The van der Waals surface area contributed by atoms with Crippen molar-refractivity contribution >= 4 is 40.6 Å². The molecule has 0 spiro atoms. The van der Waals surface area contributed by atoms with Gasteiger partial charge in [0.1, 0.15) is 11.0 Å². The van der Waals surface area contributed by atoms with Gasteiger partial charge in [0, 0.05) is 12.1 Å². The first-order valence-electron chi connectivity index (χ1n) is 9.21. The van der Waals surface area contributed by atoms with Crippen LogP contribution in [0.25, 0.3) is 0 Å². The number of carbonyl (C=O) groups is 2. The molecule has 0 radical (unpaired) electrons. The minimum atomic E-state index is -0.528. The van der Waals surface area contributed by atoms with Crippen LogP contribution < -0.4 is 15.4 Å². The van der Waals surface area contributed by atoms with Crippen LogP contribution in [0.4, 0.5) is 5.69 Å². The first-order valence-corrected chi connectivity index (χ1v) is 10.1. The molecule has 1 aliphatic rings. The summed E-state index contributed by atoms with van der Waals surface area (Å²) in [7, 11) is 0. The van der Waals surface area contributed by atoms with E-state index >= 15 is 0 Å². The molecule has 3 rings (SSSR count). The van der Waals surface area contributed by atoms with Crippen molar-refractivity contribution in [2.45, 2.75) is 25.5 Å². The number of amides is 2. The van der Waals surface area contributed by atoms with Gasteiger partial charge in [-0.25, -0.2) is 0 Å². The lowest BCUT2D eigenvalue weighted by Gasteiger charge is -2.07. The minimum Gasteiger partial charge on any atom is -0.494 e. The summed E-state index contributed by atoms with van der Waals surface area (Å²) in [4.78, 5) is 24.3. The maximum Gasteiger partial charge on any atom is 0.240 e. The Morgan fingerprint density at radius 2 is 1.93 bits per heavy atom. The zero-order valence-electron chi connectivity index (χ0n) is 16.2. The van der Waals surface area contributed by atoms with E-state index in [0.29, 0.717) is 17.5 Å². The van der Waals surface area contributed by atoms with E-state index in [4.69, 9.17) is 4.74 Å². The molecular weight excluding hydrogens is 388 g/mol. The Bertz CT molecular complexity index is 924. The molecule has 2 amide bonds. The molecule has 8 heteroatoms. The molecule has 7 nitrogen and oxygen atoms in total. The number of hydrogen-bond acceptors (Lipinski definition) is 6. The number of ether oxygens (including phenoxy) is 1. The molecule has 0 aliphatic carbocycles. The predicted octanol–water partition coefficient (Wildman–Crippen LogP) is 3.34. The smallest absolute Gasteiger partial charge is 0.240 e. The molecule has 1 atom stereocenters. The third kappa shape index (κ3) is 6.18. The SMILES string of the molecule is CCOc1ccc(/C=N\N=C2/NC(=O)[C@@H](CC(=O)Nc3ccc(C)cc3)S2)cc1. The van der Waals surface area contributed by atoms with Gasteiger partial charge in [0.05, 0.1) is 12.8 Å². The summed E-state index contributed by atoms with van der Waals surface area (Å²) < 4.78 is 5.39. The topological polar surface area (TPSA) is 92.2 Å². The zero-order valence-corrected chi connectivity index (χ0v) is 17.0. The average Bonchev–Trinajstić information content (AvgIpc) is 3.04. The number of nitrogens with one attached hydrogen (secondary N) is 2. The summed E-state index contributed by atoms with van der Waals surface area (Å²) in [5.41, 5.74) is 2.68. The first kappa shape index (κ1) is 20.6. The Hall–Kier alpha value is -3.13. The van der Waals surface area contributed by atoms with Crippen LogP contribution in [-0.4, -0.2) is 35.1 Å². The van der Waals surface area contributed by atoms with Gasteiger partial charge in [0.15, 0.2) is 5.17 Å². The molecule has 2 aromatic rings. The quantitative estimate of drug-likeness (QED) is 0.541. The molecule has 1 saturated heterocycles. The molecule has 29 heavy (non-hydrogen) atoms. The number of benzene rings is 2. The normalized spacial score (nSPS) is 17.5. The van der Waals surface area contributed by atoms with Crippen molar-refractivity contribution in [2.24, 2.45) is 10.2 Å². The van der Waals surface area contributed by atoms with Crippen molar-refractivity contribution in [1.29, 1.82) is 0 Å². The monoisotopic (exact) mass is 410 g/mol. The van der Waals surface area contributed by atoms with E-state index < -0.39 is 5.25 Å². The Balaban J connectivity index is 1.52. The second-order valence-electron chi connectivity index (χ2n) is 6.37. The molecule has 150 valence electrons. The molecule has 2 aromatic carbocycles. The van der Waals surface area contributed by atoms with Gasteiger partial charge in [0.2, 0.25) is 11.8 Å². The van der Waals surface area contributed by atoms with Gasteiger partial charge in [-0.15, -0.1) is 5.10 Å². The highest BCUT2D eigenvalue weighted by atomic mass is 32.2. The standard InChI is InChI=1S/C21H22N4O3S/c1-3-28-17-10-6-15(7-11-17)13-22-25-21-24-20(27)18(29-21)12-19(26)23-16-8-4-14(2)5-9-16/h4-11,13,18H,3,12H2,1-2H3,(H,23,26)(H,24,25,27)/b22-13-/t18-/m1/s1. The summed E-state index contributed by atoms with van der Waals surface area (Å²) in [6.07, 6.45) is 1.65. The van der Waals surface area contributed by atoms with Gasteiger partial charge >= 0.3 is 0 Å². The Morgan fingerprint density at radius 1 is 1.21 bits per heavy atom. The van der Waals surface area contributed by atoms with E-state index in [1.54, 1.807) is 6.21 Å². The van der Waals surface area contributed by atoms with Crippen LogP contribution in [-0.2, 0) is 9.59 Å². The predicted molar refractivity (Wildman–Crippen MR) is 117 cm³/mol. The second-order valence-corrected chi connectivity index (χ2v) is 7.56. The fourth-order valence-electron chi connectivity index (χ4n) is 2.57. The van der Waals surface area contributed by atoms with E-state index in [0.717, 1.165) is 16.9 Å². The van der Waals surface area contributed by atoms with Gasteiger partial charge in [-0.1, -0.05) is 29.5 Å². The van der Waals surface area contributed by atoms with Crippen molar-refractivity contribution in [1.82, 2.24) is 5.32 Å².